The summed E-state index contributed by atoms with van der Waals surface area (Å²) in [6.45, 7) is 5.17. The minimum absolute atomic E-state index is 0.0220. The Labute approximate surface area is 216 Å². The second kappa shape index (κ2) is 10.5. The van der Waals surface area contributed by atoms with E-state index >= 15 is 0 Å². The molecule has 5 rings (SSSR count). The van der Waals surface area contributed by atoms with E-state index in [1.165, 1.54) is 0 Å². The predicted octanol–water partition coefficient (Wildman–Crippen LogP) is 5.94. The van der Waals surface area contributed by atoms with E-state index in [9.17, 15) is 9.59 Å². The molecule has 1 aliphatic heterocycles. The van der Waals surface area contributed by atoms with Crippen LogP contribution in [0.15, 0.2) is 71.1 Å². The summed E-state index contributed by atoms with van der Waals surface area (Å²) in [5, 5.41) is 3.03. The fourth-order valence-electron chi connectivity index (χ4n) is 4.93. The van der Waals surface area contributed by atoms with Gasteiger partial charge in [0.1, 0.15) is 11.3 Å². The minimum atomic E-state index is -0.176. The second-order valence-electron chi connectivity index (χ2n) is 9.68. The van der Waals surface area contributed by atoms with Crippen LogP contribution in [0.3, 0.4) is 0 Å². The van der Waals surface area contributed by atoms with Gasteiger partial charge in [-0.1, -0.05) is 31.2 Å². The molecule has 2 amide bonds. The Kier molecular flexibility index (Phi) is 6.95. The lowest BCUT2D eigenvalue weighted by molar-refractivity contribution is -0.121. The highest BCUT2D eigenvalue weighted by atomic mass is 16.5. The maximum atomic E-state index is 13.2. The summed E-state index contributed by atoms with van der Waals surface area (Å²) in [4.78, 5) is 32.7. The summed E-state index contributed by atoms with van der Waals surface area (Å²) in [5.74, 6) is 1.16. The Morgan fingerprint density at radius 3 is 2.54 bits per heavy atom. The molecule has 7 heteroatoms. The lowest BCUT2D eigenvalue weighted by Gasteiger charge is -2.34. The van der Waals surface area contributed by atoms with Gasteiger partial charge in [0.2, 0.25) is 11.8 Å². The molecule has 1 N–H and O–H groups in total. The summed E-state index contributed by atoms with van der Waals surface area (Å²) in [5.41, 5.74) is 4.54. The molecule has 1 aromatic heterocycles. The Hall–Kier alpha value is -4.13. The molecule has 0 spiro atoms. The van der Waals surface area contributed by atoms with Gasteiger partial charge in [-0.25, -0.2) is 4.98 Å². The number of fused-ring (bicyclic) bond motifs is 1. The standard InChI is InChI=1S/C30H31N3O4/c1-19-9-11-26(36-3)24(17-19)31-28(34)20(2)21-13-15-33(16-14-21)30(35)23-10-12-27-25(18-23)32-29(37-27)22-7-5-4-6-8-22/h4-12,17-18,20-21H,13-16H2,1-3H3,(H,31,34)/t20-/m0/s1. The van der Waals surface area contributed by atoms with E-state index in [2.05, 4.69) is 10.3 Å². The molecule has 1 aliphatic rings. The van der Waals surface area contributed by atoms with Crippen molar-refractivity contribution in [1.82, 2.24) is 9.88 Å². The van der Waals surface area contributed by atoms with Crippen molar-refractivity contribution in [2.24, 2.45) is 11.8 Å². The van der Waals surface area contributed by atoms with Crippen LogP contribution >= 0.6 is 0 Å². The van der Waals surface area contributed by atoms with Crippen molar-refractivity contribution >= 4 is 28.6 Å². The Bertz CT molecular complexity index is 1420. The quantitative estimate of drug-likeness (QED) is 0.356. The molecule has 4 aromatic rings. The molecular formula is C30H31N3O4. The molecule has 3 aromatic carbocycles. The third kappa shape index (κ3) is 5.21. The average molecular weight is 498 g/mol. The number of oxazole rings is 1. The predicted molar refractivity (Wildman–Crippen MR) is 144 cm³/mol. The minimum Gasteiger partial charge on any atom is -0.495 e. The SMILES string of the molecule is COc1ccc(C)cc1NC(=O)[C@@H](C)C1CCN(C(=O)c2ccc3oc(-c4ccccc4)nc3c2)CC1. The van der Waals surface area contributed by atoms with Gasteiger partial charge in [0.25, 0.3) is 5.91 Å². The molecule has 0 bridgehead atoms. The lowest BCUT2D eigenvalue weighted by Crippen LogP contribution is -2.41. The first-order valence-corrected chi connectivity index (χ1v) is 12.6. The van der Waals surface area contributed by atoms with E-state index in [-0.39, 0.29) is 23.7 Å². The number of nitrogens with one attached hydrogen (secondary N) is 1. The summed E-state index contributed by atoms with van der Waals surface area (Å²) in [7, 11) is 1.60. The third-order valence-corrected chi connectivity index (χ3v) is 7.22. The number of ether oxygens (including phenoxy) is 1. The van der Waals surface area contributed by atoms with Crippen LogP contribution in [0.25, 0.3) is 22.6 Å². The van der Waals surface area contributed by atoms with Crippen molar-refractivity contribution < 1.29 is 18.7 Å². The van der Waals surface area contributed by atoms with Gasteiger partial charge in [0.05, 0.1) is 12.8 Å². The van der Waals surface area contributed by atoms with Gasteiger partial charge in [0, 0.05) is 30.1 Å². The normalized spacial score (nSPS) is 14.9. The van der Waals surface area contributed by atoms with Crippen LogP contribution in [-0.4, -0.2) is 41.9 Å². The number of piperidine rings is 1. The largest absolute Gasteiger partial charge is 0.495 e. The number of likely N-dealkylation sites (tertiary alicyclic amines) is 1. The molecule has 0 unspecified atom stereocenters. The Balaban J connectivity index is 1.21. The smallest absolute Gasteiger partial charge is 0.253 e. The first-order chi connectivity index (χ1) is 17.9. The number of aromatic nitrogens is 1. The number of amides is 2. The summed E-state index contributed by atoms with van der Waals surface area (Å²) in [6.07, 6.45) is 1.55. The number of nitrogens with zero attached hydrogens (tertiary/aromatic N) is 2. The van der Waals surface area contributed by atoms with Crippen molar-refractivity contribution in [2.75, 3.05) is 25.5 Å². The number of hydrogen-bond acceptors (Lipinski definition) is 5. The average Bonchev–Trinajstić information content (AvgIpc) is 3.36. The fourth-order valence-corrected chi connectivity index (χ4v) is 4.93. The molecule has 1 fully saturated rings. The highest BCUT2D eigenvalue weighted by Crippen LogP contribution is 2.30. The van der Waals surface area contributed by atoms with Gasteiger partial charge in [-0.15, -0.1) is 0 Å². The highest BCUT2D eigenvalue weighted by Gasteiger charge is 2.30. The third-order valence-electron chi connectivity index (χ3n) is 7.22. The second-order valence-corrected chi connectivity index (χ2v) is 9.68. The van der Waals surface area contributed by atoms with Crippen LogP contribution in [0.4, 0.5) is 5.69 Å². The van der Waals surface area contributed by atoms with E-state index in [1.807, 2.05) is 67.3 Å². The van der Waals surface area contributed by atoms with Crippen molar-refractivity contribution in [3.8, 4) is 17.2 Å². The molecule has 1 atom stereocenters. The first kappa shape index (κ1) is 24.6. The number of carbonyl (C=O) groups excluding carboxylic acids is 2. The van der Waals surface area contributed by atoms with Crippen molar-refractivity contribution in [1.29, 1.82) is 0 Å². The van der Waals surface area contributed by atoms with E-state index in [0.717, 1.165) is 24.0 Å². The number of hydrogen-bond donors (Lipinski definition) is 1. The van der Waals surface area contributed by atoms with E-state index in [1.54, 1.807) is 25.3 Å². The summed E-state index contributed by atoms with van der Waals surface area (Å²) < 4.78 is 11.3. The zero-order valence-electron chi connectivity index (χ0n) is 21.4. The zero-order valence-corrected chi connectivity index (χ0v) is 21.4. The molecule has 2 heterocycles. The molecule has 190 valence electrons. The highest BCUT2D eigenvalue weighted by molar-refractivity contribution is 5.97. The van der Waals surface area contributed by atoms with Crippen LogP contribution in [0.1, 0.15) is 35.7 Å². The summed E-state index contributed by atoms with van der Waals surface area (Å²) in [6, 6.07) is 20.8. The molecule has 0 radical (unpaired) electrons. The number of aryl methyl sites for hydroxylation is 1. The lowest BCUT2D eigenvalue weighted by atomic mass is 9.84. The van der Waals surface area contributed by atoms with E-state index < -0.39 is 0 Å². The molecule has 37 heavy (non-hydrogen) atoms. The Morgan fingerprint density at radius 2 is 1.81 bits per heavy atom. The number of methoxy groups -OCH3 is 1. The topological polar surface area (TPSA) is 84.7 Å². The maximum Gasteiger partial charge on any atom is 0.253 e. The number of benzene rings is 3. The molecule has 0 saturated carbocycles. The first-order valence-electron chi connectivity index (χ1n) is 12.6. The molecule has 1 saturated heterocycles. The van der Waals surface area contributed by atoms with Gasteiger partial charge in [-0.2, -0.15) is 0 Å². The summed E-state index contributed by atoms with van der Waals surface area (Å²) >= 11 is 0. The monoisotopic (exact) mass is 497 g/mol. The van der Waals surface area contributed by atoms with Crippen LogP contribution < -0.4 is 10.1 Å². The fraction of sp³-hybridized carbons (Fsp3) is 0.300. The van der Waals surface area contributed by atoms with Crippen LogP contribution in [0.5, 0.6) is 5.75 Å². The van der Waals surface area contributed by atoms with Crippen molar-refractivity contribution in [3.63, 3.8) is 0 Å². The zero-order chi connectivity index (χ0) is 25.9. The van der Waals surface area contributed by atoms with Gasteiger partial charge in [-0.05, 0) is 73.7 Å². The number of carbonyl (C=O) groups is 2. The number of anilines is 1. The van der Waals surface area contributed by atoms with Crippen LogP contribution in [0, 0.1) is 18.8 Å². The molecule has 0 aliphatic carbocycles. The molecule has 7 nitrogen and oxygen atoms in total. The van der Waals surface area contributed by atoms with Gasteiger partial charge < -0.3 is 19.4 Å². The van der Waals surface area contributed by atoms with Gasteiger partial charge in [0.15, 0.2) is 5.58 Å². The van der Waals surface area contributed by atoms with Crippen molar-refractivity contribution in [3.05, 3.63) is 77.9 Å². The molecular weight excluding hydrogens is 466 g/mol. The van der Waals surface area contributed by atoms with E-state index in [4.69, 9.17) is 9.15 Å². The van der Waals surface area contributed by atoms with Gasteiger partial charge >= 0.3 is 0 Å². The van der Waals surface area contributed by atoms with Gasteiger partial charge in [-0.3, -0.25) is 9.59 Å². The number of rotatable bonds is 6. The van der Waals surface area contributed by atoms with Crippen molar-refractivity contribution in [2.45, 2.75) is 26.7 Å². The van der Waals surface area contributed by atoms with E-state index in [0.29, 0.717) is 47.1 Å². The van der Waals surface area contributed by atoms with Crippen LogP contribution in [-0.2, 0) is 4.79 Å². The maximum absolute atomic E-state index is 13.2. The van der Waals surface area contributed by atoms with Crippen LogP contribution in [0.2, 0.25) is 0 Å². The Morgan fingerprint density at radius 1 is 1.05 bits per heavy atom.